The Morgan fingerprint density at radius 1 is 1.62 bits per heavy atom. The van der Waals surface area contributed by atoms with Crippen LogP contribution in [0.3, 0.4) is 0 Å². The van der Waals surface area contributed by atoms with E-state index in [2.05, 4.69) is 16.3 Å². The van der Waals surface area contributed by atoms with Gasteiger partial charge in [0.05, 0.1) is 17.5 Å². The number of rotatable bonds is 4. The molecule has 4 nitrogen and oxygen atoms in total. The third-order valence-electron chi connectivity index (χ3n) is 3.16. The largest absolute Gasteiger partial charge is 0.353 e. The van der Waals surface area contributed by atoms with E-state index in [1.165, 1.54) is 0 Å². The van der Waals surface area contributed by atoms with Crippen molar-refractivity contribution in [2.24, 2.45) is 5.41 Å². The van der Waals surface area contributed by atoms with E-state index < -0.39 is 0 Å². The van der Waals surface area contributed by atoms with E-state index in [0.29, 0.717) is 0 Å². The van der Waals surface area contributed by atoms with Crippen molar-refractivity contribution in [2.45, 2.75) is 39.7 Å². The molecule has 0 aromatic carbocycles. The van der Waals surface area contributed by atoms with Crippen molar-refractivity contribution < 1.29 is 4.79 Å². The first kappa shape index (κ1) is 13.0. The fourth-order valence-corrected chi connectivity index (χ4v) is 1.95. The number of carbonyl (C=O) groups excluding carboxylic acids is 1. The summed E-state index contributed by atoms with van der Waals surface area (Å²) in [7, 11) is 0. The summed E-state index contributed by atoms with van der Waals surface area (Å²) in [6.45, 7) is 8.36. The van der Waals surface area contributed by atoms with Crippen LogP contribution in [-0.4, -0.2) is 36.5 Å². The molecule has 1 rings (SSSR count). The lowest BCUT2D eigenvalue weighted by atomic mass is 9.91. The number of hydrogen-bond donors (Lipinski definition) is 1. The van der Waals surface area contributed by atoms with Gasteiger partial charge in [0.25, 0.3) is 0 Å². The molecule has 4 heteroatoms. The maximum absolute atomic E-state index is 11.6. The monoisotopic (exact) mass is 223 g/mol. The Morgan fingerprint density at radius 2 is 2.31 bits per heavy atom. The molecule has 1 fully saturated rings. The van der Waals surface area contributed by atoms with Gasteiger partial charge in [-0.2, -0.15) is 5.26 Å². The topological polar surface area (TPSA) is 56.1 Å². The lowest BCUT2D eigenvalue weighted by Crippen LogP contribution is -2.55. The average molecular weight is 223 g/mol. The first-order chi connectivity index (χ1) is 7.50. The maximum Gasteiger partial charge on any atom is 0.237 e. The molecule has 1 amide bonds. The van der Waals surface area contributed by atoms with E-state index in [1.807, 2.05) is 20.8 Å². The summed E-state index contributed by atoms with van der Waals surface area (Å²) in [4.78, 5) is 13.8. The van der Waals surface area contributed by atoms with Crippen LogP contribution in [0.2, 0.25) is 0 Å². The van der Waals surface area contributed by atoms with Crippen LogP contribution in [0.5, 0.6) is 0 Å². The van der Waals surface area contributed by atoms with Crippen molar-refractivity contribution in [1.82, 2.24) is 10.2 Å². The number of nitrogens with zero attached hydrogens (tertiary/aromatic N) is 2. The molecule has 0 radical (unpaired) electrons. The Hall–Kier alpha value is -1.08. The van der Waals surface area contributed by atoms with Gasteiger partial charge in [-0.05, 0) is 26.7 Å². The predicted octanol–water partition coefficient (Wildman–Crippen LogP) is 1.14. The Bertz CT molecular complexity index is 293. The number of nitrogens with one attached hydrogen (secondary N) is 1. The van der Waals surface area contributed by atoms with Crippen LogP contribution < -0.4 is 5.32 Å². The minimum absolute atomic E-state index is 0.0109. The zero-order valence-electron chi connectivity index (χ0n) is 10.4. The van der Waals surface area contributed by atoms with E-state index in [9.17, 15) is 4.79 Å². The molecule has 16 heavy (non-hydrogen) atoms. The van der Waals surface area contributed by atoms with Crippen LogP contribution in [0, 0.1) is 16.7 Å². The van der Waals surface area contributed by atoms with Gasteiger partial charge in [-0.3, -0.25) is 9.69 Å². The number of piperazine rings is 1. The molecule has 0 aromatic heterocycles. The van der Waals surface area contributed by atoms with Crippen molar-refractivity contribution in [1.29, 1.82) is 5.26 Å². The lowest BCUT2D eigenvalue weighted by molar-refractivity contribution is -0.129. The number of nitriles is 1. The van der Waals surface area contributed by atoms with Crippen LogP contribution in [0.15, 0.2) is 0 Å². The van der Waals surface area contributed by atoms with E-state index in [0.717, 1.165) is 32.5 Å². The Balaban J connectivity index is 2.52. The first-order valence-electron chi connectivity index (χ1n) is 5.93. The third kappa shape index (κ3) is 3.21. The summed E-state index contributed by atoms with van der Waals surface area (Å²) in [5, 5.41) is 11.8. The summed E-state index contributed by atoms with van der Waals surface area (Å²) in [6.07, 6.45) is 1.64. The molecule has 1 unspecified atom stereocenters. The van der Waals surface area contributed by atoms with Crippen molar-refractivity contribution in [3.8, 4) is 6.07 Å². The zero-order valence-corrected chi connectivity index (χ0v) is 10.4. The van der Waals surface area contributed by atoms with E-state index in [1.54, 1.807) is 0 Å². The van der Waals surface area contributed by atoms with Gasteiger partial charge in [-0.1, -0.05) is 6.92 Å². The smallest absolute Gasteiger partial charge is 0.237 e. The second-order valence-corrected chi connectivity index (χ2v) is 5.00. The second-order valence-electron chi connectivity index (χ2n) is 5.00. The Kier molecular flexibility index (Phi) is 4.31. The molecule has 1 N–H and O–H groups in total. The number of amides is 1. The van der Waals surface area contributed by atoms with E-state index >= 15 is 0 Å². The minimum Gasteiger partial charge on any atom is -0.353 e. The molecule has 0 bridgehead atoms. The van der Waals surface area contributed by atoms with Gasteiger partial charge < -0.3 is 5.32 Å². The van der Waals surface area contributed by atoms with Gasteiger partial charge in [-0.15, -0.1) is 0 Å². The van der Waals surface area contributed by atoms with Crippen molar-refractivity contribution in [2.75, 3.05) is 19.6 Å². The normalized spacial score (nSPS) is 22.6. The summed E-state index contributed by atoms with van der Waals surface area (Å²) in [5.41, 5.74) is -0.299. The molecule has 1 heterocycles. The second kappa shape index (κ2) is 5.31. The summed E-state index contributed by atoms with van der Waals surface area (Å²) < 4.78 is 0. The highest BCUT2D eigenvalue weighted by atomic mass is 16.2. The maximum atomic E-state index is 11.6. The van der Waals surface area contributed by atoms with Gasteiger partial charge in [0.1, 0.15) is 0 Å². The molecule has 1 atom stereocenters. The van der Waals surface area contributed by atoms with Crippen molar-refractivity contribution in [3.63, 3.8) is 0 Å². The fraction of sp³-hybridized carbons (Fsp3) is 0.833. The van der Waals surface area contributed by atoms with Crippen LogP contribution in [-0.2, 0) is 4.79 Å². The Labute approximate surface area is 97.6 Å². The molecule has 0 aliphatic carbocycles. The molecule has 0 aromatic rings. The molecule has 1 aliphatic heterocycles. The number of carbonyl (C=O) groups is 1. The Morgan fingerprint density at radius 3 is 2.88 bits per heavy atom. The van der Waals surface area contributed by atoms with Crippen LogP contribution in [0.4, 0.5) is 0 Å². The molecule has 1 aliphatic rings. The minimum atomic E-state index is -0.299. The summed E-state index contributed by atoms with van der Waals surface area (Å²) in [5.74, 6) is 0.128. The third-order valence-corrected chi connectivity index (χ3v) is 3.16. The quantitative estimate of drug-likeness (QED) is 0.777. The van der Waals surface area contributed by atoms with Crippen molar-refractivity contribution in [3.05, 3.63) is 0 Å². The lowest BCUT2D eigenvalue weighted by Gasteiger charge is -2.35. The van der Waals surface area contributed by atoms with Gasteiger partial charge in [0.15, 0.2) is 0 Å². The van der Waals surface area contributed by atoms with Crippen LogP contribution >= 0.6 is 0 Å². The number of hydrogen-bond acceptors (Lipinski definition) is 3. The van der Waals surface area contributed by atoms with Gasteiger partial charge in [0, 0.05) is 19.6 Å². The highest BCUT2D eigenvalue weighted by Gasteiger charge is 2.29. The SMILES string of the molecule is CCC1C(=O)NCCN1CCC(C)(C)C#N. The van der Waals surface area contributed by atoms with Gasteiger partial charge in [-0.25, -0.2) is 0 Å². The van der Waals surface area contributed by atoms with E-state index in [4.69, 9.17) is 5.26 Å². The predicted molar refractivity (Wildman–Crippen MR) is 62.7 cm³/mol. The molecule has 90 valence electrons. The van der Waals surface area contributed by atoms with Gasteiger partial charge >= 0.3 is 0 Å². The van der Waals surface area contributed by atoms with Crippen molar-refractivity contribution >= 4 is 5.91 Å². The summed E-state index contributed by atoms with van der Waals surface area (Å²) >= 11 is 0. The van der Waals surface area contributed by atoms with E-state index in [-0.39, 0.29) is 17.4 Å². The first-order valence-corrected chi connectivity index (χ1v) is 5.93. The molecular formula is C12H21N3O. The summed E-state index contributed by atoms with van der Waals surface area (Å²) in [6, 6.07) is 2.29. The molecule has 0 saturated carbocycles. The molecule has 0 spiro atoms. The highest BCUT2D eigenvalue weighted by molar-refractivity contribution is 5.82. The molecule has 1 saturated heterocycles. The average Bonchev–Trinajstić information content (AvgIpc) is 2.26. The standard InChI is InChI=1S/C12H21N3O/c1-4-10-11(16)14-6-8-15(10)7-5-12(2,3)9-13/h10H,4-8H2,1-3H3,(H,14,16). The van der Waals surface area contributed by atoms with Crippen LogP contribution in [0.25, 0.3) is 0 Å². The van der Waals surface area contributed by atoms with Crippen LogP contribution in [0.1, 0.15) is 33.6 Å². The molecular weight excluding hydrogens is 202 g/mol. The fourth-order valence-electron chi connectivity index (χ4n) is 1.95. The highest BCUT2D eigenvalue weighted by Crippen LogP contribution is 2.20. The zero-order chi connectivity index (χ0) is 12.2. The van der Waals surface area contributed by atoms with Gasteiger partial charge in [0.2, 0.25) is 5.91 Å².